The van der Waals surface area contributed by atoms with Crippen LogP contribution in [0, 0.1) is 0 Å². The predicted octanol–water partition coefficient (Wildman–Crippen LogP) is 2.34. The van der Waals surface area contributed by atoms with Crippen LogP contribution in [0.5, 0.6) is 5.75 Å². The molecule has 140 valence electrons. The van der Waals surface area contributed by atoms with Gasteiger partial charge in [-0.1, -0.05) is 12.1 Å². The molecule has 8 heteroatoms. The molecule has 0 aromatic heterocycles. The Morgan fingerprint density at radius 1 is 1.12 bits per heavy atom. The third kappa shape index (κ3) is 4.40. The van der Waals surface area contributed by atoms with Gasteiger partial charge in [-0.15, -0.1) is 0 Å². The SMILES string of the molecule is COCc1cccc(NC(=O)c2ccc(OC)c(S(=O)(=O)N(C)C)c2)c1. The summed E-state index contributed by atoms with van der Waals surface area (Å²) < 4.78 is 36.2. The second kappa shape index (κ2) is 8.31. The number of rotatable bonds is 7. The fourth-order valence-corrected chi connectivity index (χ4v) is 3.40. The van der Waals surface area contributed by atoms with Crippen molar-refractivity contribution in [3.8, 4) is 5.75 Å². The molecule has 0 atom stereocenters. The third-order valence-corrected chi connectivity index (χ3v) is 5.52. The topological polar surface area (TPSA) is 84.9 Å². The molecule has 0 aliphatic heterocycles. The average Bonchev–Trinajstić information content (AvgIpc) is 2.61. The van der Waals surface area contributed by atoms with Gasteiger partial charge in [0.15, 0.2) is 0 Å². The molecule has 0 spiro atoms. The van der Waals surface area contributed by atoms with Gasteiger partial charge in [0.1, 0.15) is 10.6 Å². The number of carbonyl (C=O) groups is 1. The second-order valence-corrected chi connectivity index (χ2v) is 7.86. The normalized spacial score (nSPS) is 11.4. The quantitative estimate of drug-likeness (QED) is 0.799. The van der Waals surface area contributed by atoms with Crippen molar-refractivity contribution < 1.29 is 22.7 Å². The van der Waals surface area contributed by atoms with Crippen LogP contribution < -0.4 is 10.1 Å². The Hall–Kier alpha value is -2.42. The van der Waals surface area contributed by atoms with Gasteiger partial charge in [0.05, 0.1) is 13.7 Å². The van der Waals surface area contributed by atoms with E-state index in [1.54, 1.807) is 25.3 Å². The minimum Gasteiger partial charge on any atom is -0.495 e. The maximum Gasteiger partial charge on any atom is 0.255 e. The summed E-state index contributed by atoms with van der Waals surface area (Å²) in [6, 6.07) is 11.5. The summed E-state index contributed by atoms with van der Waals surface area (Å²) in [5.74, 6) is -0.241. The molecular formula is C18H22N2O5S. The highest BCUT2D eigenvalue weighted by atomic mass is 32.2. The van der Waals surface area contributed by atoms with Gasteiger partial charge in [-0.2, -0.15) is 0 Å². The molecule has 0 fully saturated rings. The van der Waals surface area contributed by atoms with Crippen molar-refractivity contribution in [2.75, 3.05) is 33.6 Å². The first-order valence-electron chi connectivity index (χ1n) is 7.79. The van der Waals surface area contributed by atoms with Crippen LogP contribution in [0.2, 0.25) is 0 Å². The molecule has 0 aliphatic rings. The van der Waals surface area contributed by atoms with E-state index in [4.69, 9.17) is 9.47 Å². The number of methoxy groups -OCH3 is 2. The molecule has 7 nitrogen and oxygen atoms in total. The summed E-state index contributed by atoms with van der Waals surface area (Å²) in [5, 5.41) is 2.76. The van der Waals surface area contributed by atoms with E-state index in [1.165, 1.54) is 39.4 Å². The van der Waals surface area contributed by atoms with E-state index in [0.717, 1.165) is 9.87 Å². The monoisotopic (exact) mass is 378 g/mol. The van der Waals surface area contributed by atoms with Gasteiger partial charge in [-0.3, -0.25) is 4.79 Å². The van der Waals surface area contributed by atoms with Gasteiger partial charge < -0.3 is 14.8 Å². The smallest absolute Gasteiger partial charge is 0.255 e. The highest BCUT2D eigenvalue weighted by molar-refractivity contribution is 7.89. The Morgan fingerprint density at radius 3 is 2.46 bits per heavy atom. The third-order valence-electron chi connectivity index (χ3n) is 3.68. The van der Waals surface area contributed by atoms with Crippen molar-refractivity contribution in [1.29, 1.82) is 0 Å². The summed E-state index contributed by atoms with van der Waals surface area (Å²) in [5.41, 5.74) is 1.72. The van der Waals surface area contributed by atoms with Crippen LogP contribution >= 0.6 is 0 Å². The Bertz CT molecular complexity index is 894. The zero-order chi connectivity index (χ0) is 19.3. The number of amides is 1. The van der Waals surface area contributed by atoms with Crippen LogP contribution in [-0.4, -0.2) is 46.9 Å². The highest BCUT2D eigenvalue weighted by Gasteiger charge is 2.24. The Balaban J connectivity index is 2.34. The Morgan fingerprint density at radius 2 is 1.85 bits per heavy atom. The molecule has 1 N–H and O–H groups in total. The van der Waals surface area contributed by atoms with E-state index in [9.17, 15) is 13.2 Å². The van der Waals surface area contributed by atoms with Crippen LogP contribution in [0.4, 0.5) is 5.69 Å². The second-order valence-electron chi connectivity index (χ2n) is 5.74. The fourth-order valence-electron chi connectivity index (χ4n) is 2.33. The minimum atomic E-state index is -3.75. The molecule has 26 heavy (non-hydrogen) atoms. The molecule has 1 amide bonds. The first-order chi connectivity index (χ1) is 12.3. The van der Waals surface area contributed by atoms with E-state index in [-0.39, 0.29) is 16.2 Å². The van der Waals surface area contributed by atoms with Crippen molar-refractivity contribution >= 4 is 21.6 Å². The number of sulfonamides is 1. The number of nitrogens with zero attached hydrogens (tertiary/aromatic N) is 1. The van der Waals surface area contributed by atoms with Gasteiger partial charge in [0, 0.05) is 32.5 Å². The molecule has 0 unspecified atom stereocenters. The van der Waals surface area contributed by atoms with Crippen molar-refractivity contribution in [3.63, 3.8) is 0 Å². The number of anilines is 1. The fraction of sp³-hybridized carbons (Fsp3) is 0.278. The maximum atomic E-state index is 12.5. The molecule has 2 aromatic carbocycles. The number of benzene rings is 2. The summed E-state index contributed by atoms with van der Waals surface area (Å²) in [4.78, 5) is 12.5. The number of carbonyl (C=O) groups excluding carboxylic acids is 1. The van der Waals surface area contributed by atoms with Gasteiger partial charge in [0.2, 0.25) is 10.0 Å². The molecule has 0 saturated carbocycles. The van der Waals surface area contributed by atoms with Gasteiger partial charge in [-0.05, 0) is 35.9 Å². The molecule has 0 heterocycles. The lowest BCUT2D eigenvalue weighted by molar-refractivity contribution is 0.102. The lowest BCUT2D eigenvalue weighted by atomic mass is 10.1. The summed E-state index contributed by atoms with van der Waals surface area (Å²) >= 11 is 0. The van der Waals surface area contributed by atoms with Gasteiger partial charge in [0.25, 0.3) is 5.91 Å². The van der Waals surface area contributed by atoms with Crippen LogP contribution in [0.25, 0.3) is 0 Å². The zero-order valence-electron chi connectivity index (χ0n) is 15.1. The van der Waals surface area contributed by atoms with Gasteiger partial charge >= 0.3 is 0 Å². The largest absolute Gasteiger partial charge is 0.495 e. The van der Waals surface area contributed by atoms with Crippen LogP contribution in [0.15, 0.2) is 47.4 Å². The van der Waals surface area contributed by atoms with Crippen molar-refractivity contribution in [1.82, 2.24) is 4.31 Å². The first kappa shape index (κ1) is 19.9. The molecule has 0 bridgehead atoms. The molecule has 0 aliphatic carbocycles. The Labute approximate surface area is 153 Å². The van der Waals surface area contributed by atoms with Gasteiger partial charge in [-0.25, -0.2) is 12.7 Å². The zero-order valence-corrected chi connectivity index (χ0v) is 16.0. The molecular weight excluding hydrogens is 356 g/mol. The van der Waals surface area contributed by atoms with Crippen LogP contribution in [0.3, 0.4) is 0 Å². The number of ether oxygens (including phenoxy) is 2. The lowest BCUT2D eigenvalue weighted by Gasteiger charge is -2.15. The average molecular weight is 378 g/mol. The first-order valence-corrected chi connectivity index (χ1v) is 9.23. The summed E-state index contributed by atoms with van der Waals surface area (Å²) in [6.45, 7) is 0.428. The van der Waals surface area contributed by atoms with Crippen LogP contribution in [-0.2, 0) is 21.4 Å². The highest BCUT2D eigenvalue weighted by Crippen LogP contribution is 2.27. The van der Waals surface area contributed by atoms with E-state index in [2.05, 4.69) is 5.32 Å². The predicted molar refractivity (Wildman–Crippen MR) is 99.0 cm³/mol. The molecule has 0 saturated heterocycles. The van der Waals surface area contributed by atoms with Crippen molar-refractivity contribution in [2.45, 2.75) is 11.5 Å². The van der Waals surface area contributed by atoms with Crippen molar-refractivity contribution in [3.05, 3.63) is 53.6 Å². The lowest BCUT2D eigenvalue weighted by Crippen LogP contribution is -2.23. The standard InChI is InChI=1S/C18H22N2O5S/c1-20(2)26(22,23)17-11-14(8-9-16(17)25-4)18(21)19-15-7-5-6-13(10-15)12-24-3/h5-11H,12H2,1-4H3,(H,19,21). The maximum absolute atomic E-state index is 12.5. The number of nitrogens with one attached hydrogen (secondary N) is 1. The van der Waals surface area contributed by atoms with E-state index >= 15 is 0 Å². The number of hydrogen-bond acceptors (Lipinski definition) is 5. The minimum absolute atomic E-state index is 0.0641. The number of hydrogen-bond donors (Lipinski definition) is 1. The van der Waals surface area contributed by atoms with Crippen LogP contribution in [0.1, 0.15) is 15.9 Å². The molecule has 0 radical (unpaired) electrons. The Kier molecular flexibility index (Phi) is 6.36. The van der Waals surface area contributed by atoms with E-state index in [1.807, 2.05) is 6.07 Å². The van der Waals surface area contributed by atoms with Crippen molar-refractivity contribution in [2.24, 2.45) is 0 Å². The summed E-state index contributed by atoms with van der Waals surface area (Å²) in [7, 11) is 2.06. The van der Waals surface area contributed by atoms with E-state index < -0.39 is 15.9 Å². The van der Waals surface area contributed by atoms with E-state index in [0.29, 0.717) is 12.3 Å². The molecule has 2 aromatic rings. The summed E-state index contributed by atoms with van der Waals surface area (Å²) in [6.07, 6.45) is 0. The molecule has 2 rings (SSSR count).